The molecule has 1 saturated carbocycles. The number of aliphatic hydroxyl groups is 2. The number of aromatic hydroxyl groups is 2. The molecule has 4 aliphatic heterocycles. The number of carbonyl (C=O) groups is 4. The Morgan fingerprint density at radius 1 is 0.725 bits per heavy atom. The Morgan fingerprint density at radius 2 is 1.20 bits per heavy atom. The lowest BCUT2D eigenvalue weighted by Crippen LogP contribution is -2.53. The summed E-state index contributed by atoms with van der Waals surface area (Å²) in [6.45, 7) is 16.4. The van der Waals surface area contributed by atoms with Gasteiger partial charge in [-0.05, 0) is 145 Å². The van der Waals surface area contributed by atoms with E-state index in [9.17, 15) is 44.7 Å². The van der Waals surface area contributed by atoms with Gasteiger partial charge >= 0.3 is 5.97 Å². The van der Waals surface area contributed by atoms with Crippen LogP contribution in [0.4, 0.5) is 0 Å². The summed E-state index contributed by atoms with van der Waals surface area (Å²) < 4.78 is 13.2. The Balaban J connectivity index is 1.07. The third-order valence-corrected chi connectivity index (χ3v) is 15.0. The molecule has 374 valence electrons. The second-order valence-electron chi connectivity index (χ2n) is 21.2. The van der Waals surface area contributed by atoms with Crippen molar-refractivity contribution in [3.05, 3.63) is 92.1 Å². The third-order valence-electron chi connectivity index (χ3n) is 15.0. The predicted octanol–water partition coefficient (Wildman–Crippen LogP) is 8.65. The molecule has 5 atom stereocenters. The summed E-state index contributed by atoms with van der Waals surface area (Å²) in [6, 6.07) is 1.64. The summed E-state index contributed by atoms with van der Waals surface area (Å²) in [5.41, 5.74) is 3.95. The van der Waals surface area contributed by atoms with E-state index in [2.05, 4.69) is 71.2 Å². The molecule has 6 N–H and O–H groups in total. The Morgan fingerprint density at radius 3 is 1.67 bits per heavy atom. The number of carboxylic acids is 1. The molecule has 7 rings (SSSR count). The van der Waals surface area contributed by atoms with Gasteiger partial charge < -0.3 is 50.1 Å². The number of hydrogen-bond acceptors (Lipinski definition) is 10. The van der Waals surface area contributed by atoms with Gasteiger partial charge in [0, 0.05) is 41.6 Å². The average molecular weight is 952 g/mol. The second-order valence-corrected chi connectivity index (χ2v) is 21.2. The number of ether oxygens (including phenoxy) is 2. The molecule has 2 aromatic rings. The fourth-order valence-corrected chi connectivity index (χ4v) is 10.3. The van der Waals surface area contributed by atoms with Gasteiger partial charge in [0.25, 0.3) is 11.8 Å². The molecule has 5 aliphatic rings. The van der Waals surface area contributed by atoms with Gasteiger partial charge in [-0.2, -0.15) is 0 Å². The Hall–Kier alpha value is -5.60. The lowest BCUT2D eigenvalue weighted by atomic mass is 9.84. The molecule has 69 heavy (non-hydrogen) atoms. The van der Waals surface area contributed by atoms with E-state index >= 15 is 0 Å². The van der Waals surface area contributed by atoms with E-state index in [1.807, 2.05) is 13.8 Å². The normalized spacial score (nSPS) is 23.8. The molecule has 1 fully saturated rings. The predicted molar refractivity (Wildman–Crippen MR) is 262 cm³/mol. The number of phenols is 2. The number of nitrogens with one attached hydrogen (secondary N) is 1. The van der Waals surface area contributed by atoms with E-state index in [4.69, 9.17) is 9.47 Å². The fraction of sp³-hybridized carbons (Fsp3) is 0.564. The monoisotopic (exact) mass is 952 g/mol. The summed E-state index contributed by atoms with van der Waals surface area (Å²) in [5, 5.41) is 57.8. The topological polar surface area (TPSA) is 206 Å². The van der Waals surface area contributed by atoms with Crippen LogP contribution >= 0.6 is 0 Å². The number of carboxylic acid groups (broad SMARTS) is 1. The standard InChI is InChI=1S/C55H73N3O11/c1-32(2)14-9-16-34(5)18-11-21-53(7)45(61)28-38-43(59)26-36-40(47(38)68-53)30-57(50(36)64)25-13-20-42(49(63)56-55(23-24-55)52(66)67)58-31-41-37(51(58)65)27-44(60)39-29-46(62)54(8,69-48(39)41)22-12-19-35(6)17-10-15-33(3)4/h14-15,18-19,26-27,42,45-46,59-62H,9-13,16-17,20-25,28-31H2,1-8H3,(H,56,63)(H,66,67)/b34-18+,35-19+/t42-,45-,46-,53+,54+/m0/s1. The van der Waals surface area contributed by atoms with Crippen molar-refractivity contribution < 1.29 is 54.2 Å². The van der Waals surface area contributed by atoms with E-state index in [1.165, 1.54) is 39.3 Å². The van der Waals surface area contributed by atoms with Gasteiger partial charge in [0.1, 0.15) is 45.8 Å². The zero-order valence-electron chi connectivity index (χ0n) is 41.8. The minimum absolute atomic E-state index is 0.0583. The van der Waals surface area contributed by atoms with E-state index in [1.54, 1.807) is 4.90 Å². The minimum Gasteiger partial charge on any atom is -0.508 e. The number of rotatable bonds is 20. The highest BCUT2D eigenvalue weighted by Crippen LogP contribution is 2.49. The van der Waals surface area contributed by atoms with Gasteiger partial charge in [0.15, 0.2) is 0 Å². The number of aliphatic hydroxyl groups excluding tert-OH is 2. The maximum Gasteiger partial charge on any atom is 0.329 e. The van der Waals surface area contributed by atoms with Gasteiger partial charge in [-0.3, -0.25) is 14.4 Å². The molecule has 0 radical (unpaired) electrons. The first-order valence-corrected chi connectivity index (χ1v) is 24.8. The van der Waals surface area contributed by atoms with Crippen molar-refractivity contribution in [1.82, 2.24) is 15.1 Å². The third kappa shape index (κ3) is 10.9. The molecule has 1 aliphatic carbocycles. The number of fused-ring (bicyclic) bond motifs is 6. The summed E-state index contributed by atoms with van der Waals surface area (Å²) >= 11 is 0. The van der Waals surface area contributed by atoms with E-state index in [-0.39, 0.29) is 81.1 Å². The molecule has 14 heteroatoms. The van der Waals surface area contributed by atoms with Crippen molar-refractivity contribution in [2.75, 3.05) is 6.54 Å². The maximum atomic E-state index is 14.4. The highest BCUT2D eigenvalue weighted by molar-refractivity contribution is 6.03. The van der Waals surface area contributed by atoms with E-state index in [0.717, 1.165) is 25.7 Å². The first-order chi connectivity index (χ1) is 32.6. The number of nitrogens with zero attached hydrogens (tertiary/aromatic N) is 2. The molecule has 0 unspecified atom stereocenters. The molecular weight excluding hydrogens is 879 g/mol. The smallest absolute Gasteiger partial charge is 0.329 e. The van der Waals surface area contributed by atoms with E-state index in [0.29, 0.717) is 65.0 Å². The molecule has 0 aromatic heterocycles. The van der Waals surface area contributed by atoms with Gasteiger partial charge in [-0.15, -0.1) is 0 Å². The van der Waals surface area contributed by atoms with Gasteiger partial charge in [0.05, 0.1) is 36.4 Å². The number of carbonyl (C=O) groups excluding carboxylic acids is 3. The van der Waals surface area contributed by atoms with Crippen LogP contribution in [0.3, 0.4) is 0 Å². The molecule has 2 aromatic carbocycles. The minimum atomic E-state index is -1.43. The zero-order chi connectivity index (χ0) is 50.2. The highest BCUT2D eigenvalue weighted by atomic mass is 16.5. The summed E-state index contributed by atoms with van der Waals surface area (Å²) in [6.07, 6.45) is 14.0. The molecule has 0 saturated heterocycles. The SMILES string of the molecule is CC(C)=CCC/C(C)=C/CC[C@@]1(C)Oc2c(c(O)cc3c2CN(CCC[C@@H](C(=O)NC2(C(=O)O)CC2)N2Cc4c(cc(O)c5c4O[C@](C)(CC/C=C(\C)CCC=C(C)C)[C@@H](O)C5)C2=O)C3=O)C[C@@H]1O. The van der Waals surface area contributed by atoms with Crippen LogP contribution in [0.5, 0.6) is 23.0 Å². The lowest BCUT2D eigenvalue weighted by Gasteiger charge is -2.41. The summed E-state index contributed by atoms with van der Waals surface area (Å²) in [4.78, 5) is 57.9. The molecule has 0 spiro atoms. The highest BCUT2D eigenvalue weighted by Gasteiger charge is 2.54. The number of amides is 3. The van der Waals surface area contributed by atoms with Crippen LogP contribution in [0.15, 0.2) is 58.7 Å². The van der Waals surface area contributed by atoms with Crippen molar-refractivity contribution in [1.29, 1.82) is 0 Å². The van der Waals surface area contributed by atoms with Crippen LogP contribution in [0.1, 0.15) is 175 Å². The van der Waals surface area contributed by atoms with Crippen LogP contribution in [-0.2, 0) is 35.5 Å². The molecular formula is C55H73N3O11. The number of hydrogen-bond donors (Lipinski definition) is 6. The Kier molecular flexibility index (Phi) is 15.1. The lowest BCUT2D eigenvalue weighted by molar-refractivity contribution is -0.144. The number of aliphatic carboxylic acids is 1. The number of benzene rings is 2. The largest absolute Gasteiger partial charge is 0.508 e. The summed E-state index contributed by atoms with van der Waals surface area (Å²) in [5.74, 6) is -2.28. The average Bonchev–Trinajstić information content (AvgIpc) is 3.90. The van der Waals surface area contributed by atoms with Crippen LogP contribution in [0.25, 0.3) is 0 Å². The van der Waals surface area contributed by atoms with Gasteiger partial charge in [0.2, 0.25) is 5.91 Å². The van der Waals surface area contributed by atoms with Crippen LogP contribution in [0.2, 0.25) is 0 Å². The van der Waals surface area contributed by atoms with Gasteiger partial charge in [-0.25, -0.2) is 4.79 Å². The number of phenolic OH excluding ortho intramolecular Hbond substituents is 2. The van der Waals surface area contributed by atoms with Crippen LogP contribution in [-0.4, -0.2) is 101 Å². The molecule has 3 amide bonds. The van der Waals surface area contributed by atoms with Crippen LogP contribution < -0.4 is 14.8 Å². The molecule has 0 bridgehead atoms. The van der Waals surface area contributed by atoms with Crippen molar-refractivity contribution in [3.8, 4) is 23.0 Å². The molecule has 4 heterocycles. The Bertz CT molecular complexity index is 2490. The fourth-order valence-electron chi connectivity index (χ4n) is 10.3. The second kappa shape index (κ2) is 20.4. The zero-order valence-corrected chi connectivity index (χ0v) is 41.8. The van der Waals surface area contributed by atoms with E-state index < -0.39 is 52.8 Å². The van der Waals surface area contributed by atoms with Crippen molar-refractivity contribution in [2.45, 2.75) is 193 Å². The Labute approximate surface area is 406 Å². The van der Waals surface area contributed by atoms with Gasteiger partial charge in [-0.1, -0.05) is 46.6 Å². The van der Waals surface area contributed by atoms with Crippen molar-refractivity contribution >= 4 is 23.7 Å². The first-order valence-electron chi connectivity index (χ1n) is 24.8. The number of allylic oxidation sites excluding steroid dienone is 8. The quantitative estimate of drug-likeness (QED) is 0.0693. The molecule has 14 nitrogen and oxygen atoms in total. The maximum absolute atomic E-state index is 14.4. The first kappa shape index (κ1) is 51.3. The summed E-state index contributed by atoms with van der Waals surface area (Å²) in [7, 11) is 0. The van der Waals surface area contributed by atoms with Crippen molar-refractivity contribution in [3.63, 3.8) is 0 Å². The van der Waals surface area contributed by atoms with Crippen molar-refractivity contribution in [2.24, 2.45) is 0 Å². The van der Waals surface area contributed by atoms with Crippen LogP contribution in [0, 0.1) is 0 Å².